The van der Waals surface area contributed by atoms with E-state index in [-0.39, 0.29) is 0 Å². The van der Waals surface area contributed by atoms with Gasteiger partial charge in [-0.15, -0.1) is 0 Å². The number of nitrogens with zero attached hydrogens (tertiary/aromatic N) is 7. The average Bonchev–Trinajstić information content (AvgIpc) is 3.23. The van der Waals surface area contributed by atoms with Gasteiger partial charge in [0.2, 0.25) is 11.8 Å². The highest BCUT2D eigenvalue weighted by atomic mass is 16.5. The minimum Gasteiger partial charge on any atom is -0.481 e. The van der Waals surface area contributed by atoms with E-state index in [1.165, 1.54) is 6.42 Å². The van der Waals surface area contributed by atoms with E-state index in [0.29, 0.717) is 17.8 Å². The topological polar surface area (TPSA) is 79.7 Å². The molecule has 2 atom stereocenters. The molecule has 0 spiro atoms. The molecule has 3 aliphatic rings. The smallest absolute Gasteiger partial charge is 0.227 e. The number of rotatable bonds is 4. The predicted molar refractivity (Wildman–Crippen MR) is 110 cm³/mol. The van der Waals surface area contributed by atoms with Gasteiger partial charge in [-0.3, -0.25) is 0 Å². The summed E-state index contributed by atoms with van der Waals surface area (Å²) in [6.07, 6.45) is 5.83. The number of hydrogen-bond acceptors (Lipinski definition) is 9. The molecule has 3 fully saturated rings. The molecule has 5 rings (SSSR count). The number of methoxy groups -OCH3 is 1. The molecule has 0 bridgehead atoms. The first-order valence-electron chi connectivity index (χ1n) is 10.3. The first-order chi connectivity index (χ1) is 14.3. The van der Waals surface area contributed by atoms with E-state index in [4.69, 9.17) is 14.5 Å². The zero-order valence-electron chi connectivity index (χ0n) is 16.8. The van der Waals surface area contributed by atoms with Crippen molar-refractivity contribution in [2.24, 2.45) is 5.92 Å². The SMILES string of the molecule is COc1cc(N2CCC3CCN(c4ccnc(N5CCOCC5)n4)C3C2)ncn1. The van der Waals surface area contributed by atoms with Crippen LogP contribution in [0.15, 0.2) is 24.7 Å². The van der Waals surface area contributed by atoms with Gasteiger partial charge in [0.05, 0.1) is 26.4 Å². The van der Waals surface area contributed by atoms with E-state index in [9.17, 15) is 0 Å². The Kier molecular flexibility index (Phi) is 5.05. The molecule has 2 aromatic heterocycles. The molecule has 0 saturated carbocycles. The van der Waals surface area contributed by atoms with E-state index in [1.807, 2.05) is 18.3 Å². The summed E-state index contributed by atoms with van der Waals surface area (Å²) in [7, 11) is 1.64. The molecule has 2 aromatic rings. The Morgan fingerprint density at radius 1 is 1.00 bits per heavy atom. The van der Waals surface area contributed by atoms with Gasteiger partial charge in [-0.2, -0.15) is 4.98 Å². The van der Waals surface area contributed by atoms with Crippen molar-refractivity contribution in [3.8, 4) is 5.88 Å². The molecular formula is C20H27N7O2. The second-order valence-corrected chi connectivity index (χ2v) is 7.78. The summed E-state index contributed by atoms with van der Waals surface area (Å²) in [5, 5.41) is 0. The Labute approximate surface area is 170 Å². The molecule has 0 aliphatic carbocycles. The van der Waals surface area contributed by atoms with E-state index >= 15 is 0 Å². The molecule has 0 amide bonds. The van der Waals surface area contributed by atoms with Crippen LogP contribution in [0.3, 0.4) is 0 Å². The van der Waals surface area contributed by atoms with Crippen LogP contribution in [0.2, 0.25) is 0 Å². The Balaban J connectivity index is 1.35. The highest BCUT2D eigenvalue weighted by molar-refractivity contribution is 5.49. The van der Waals surface area contributed by atoms with Crippen LogP contribution in [0.25, 0.3) is 0 Å². The summed E-state index contributed by atoms with van der Waals surface area (Å²) in [6, 6.07) is 4.39. The minimum absolute atomic E-state index is 0.428. The third-order valence-corrected chi connectivity index (χ3v) is 6.24. The van der Waals surface area contributed by atoms with Gasteiger partial charge in [0.1, 0.15) is 18.0 Å². The van der Waals surface area contributed by atoms with Crippen molar-refractivity contribution in [1.29, 1.82) is 0 Å². The maximum absolute atomic E-state index is 5.46. The van der Waals surface area contributed by atoms with Gasteiger partial charge in [-0.1, -0.05) is 0 Å². The van der Waals surface area contributed by atoms with E-state index < -0.39 is 0 Å². The van der Waals surface area contributed by atoms with Crippen molar-refractivity contribution in [3.63, 3.8) is 0 Å². The van der Waals surface area contributed by atoms with Crippen molar-refractivity contribution < 1.29 is 9.47 Å². The lowest BCUT2D eigenvalue weighted by Crippen LogP contribution is -2.49. The van der Waals surface area contributed by atoms with E-state index in [0.717, 1.165) is 69.9 Å². The van der Waals surface area contributed by atoms with Crippen molar-refractivity contribution in [2.45, 2.75) is 18.9 Å². The lowest BCUT2D eigenvalue weighted by Gasteiger charge is -2.39. The standard InChI is InChI=1S/C20H27N7O2/c1-28-19-12-18(22-14-23-19)26-6-3-15-4-7-27(16(15)13-26)17-2-5-21-20(24-17)25-8-10-29-11-9-25/h2,5,12,14-16H,3-4,6-11,13H2,1H3. The van der Waals surface area contributed by atoms with Crippen LogP contribution >= 0.6 is 0 Å². The number of hydrogen-bond donors (Lipinski definition) is 0. The van der Waals surface area contributed by atoms with Gasteiger partial charge in [0, 0.05) is 45.0 Å². The first kappa shape index (κ1) is 18.4. The third kappa shape index (κ3) is 3.66. The summed E-state index contributed by atoms with van der Waals surface area (Å²) in [5.74, 6) is 4.06. The van der Waals surface area contributed by atoms with Crippen LogP contribution in [0.5, 0.6) is 5.88 Å². The summed E-state index contributed by atoms with van der Waals surface area (Å²) in [4.78, 5) is 25.0. The van der Waals surface area contributed by atoms with E-state index in [2.05, 4.69) is 29.7 Å². The highest BCUT2D eigenvalue weighted by Crippen LogP contribution is 2.36. The second kappa shape index (κ2) is 7.98. The zero-order chi connectivity index (χ0) is 19.6. The fourth-order valence-corrected chi connectivity index (χ4v) is 4.66. The summed E-state index contributed by atoms with van der Waals surface area (Å²) in [6.45, 7) is 6.14. The largest absolute Gasteiger partial charge is 0.481 e. The third-order valence-electron chi connectivity index (χ3n) is 6.24. The van der Waals surface area contributed by atoms with Crippen LogP contribution < -0.4 is 19.4 Å². The maximum Gasteiger partial charge on any atom is 0.227 e. The summed E-state index contributed by atoms with van der Waals surface area (Å²) >= 11 is 0. The molecule has 9 heteroatoms. The molecule has 29 heavy (non-hydrogen) atoms. The van der Waals surface area contributed by atoms with Crippen LogP contribution in [-0.4, -0.2) is 79.0 Å². The number of anilines is 3. The predicted octanol–water partition coefficient (Wildman–Crippen LogP) is 1.22. The summed E-state index contributed by atoms with van der Waals surface area (Å²) < 4.78 is 10.7. The van der Waals surface area contributed by atoms with Crippen molar-refractivity contribution in [1.82, 2.24) is 19.9 Å². The lowest BCUT2D eigenvalue weighted by molar-refractivity contribution is 0.122. The monoisotopic (exact) mass is 397 g/mol. The van der Waals surface area contributed by atoms with Gasteiger partial charge in [0.25, 0.3) is 0 Å². The normalized spacial score (nSPS) is 24.5. The molecule has 0 N–H and O–H groups in total. The van der Waals surface area contributed by atoms with Gasteiger partial charge >= 0.3 is 0 Å². The van der Waals surface area contributed by atoms with Crippen LogP contribution in [-0.2, 0) is 4.74 Å². The van der Waals surface area contributed by atoms with Crippen molar-refractivity contribution >= 4 is 17.6 Å². The van der Waals surface area contributed by atoms with Gasteiger partial charge in [-0.05, 0) is 24.8 Å². The first-order valence-corrected chi connectivity index (χ1v) is 10.3. The van der Waals surface area contributed by atoms with Gasteiger partial charge in [-0.25, -0.2) is 15.0 Å². The zero-order valence-corrected chi connectivity index (χ0v) is 16.8. The fraction of sp³-hybridized carbons (Fsp3) is 0.600. The maximum atomic E-state index is 5.46. The van der Waals surface area contributed by atoms with Crippen LogP contribution in [0, 0.1) is 5.92 Å². The second-order valence-electron chi connectivity index (χ2n) is 7.78. The molecule has 3 saturated heterocycles. The van der Waals surface area contributed by atoms with E-state index in [1.54, 1.807) is 13.4 Å². The quantitative estimate of drug-likeness (QED) is 0.756. The van der Waals surface area contributed by atoms with Crippen LogP contribution in [0.4, 0.5) is 17.6 Å². The molecule has 154 valence electrons. The Bertz CT molecular complexity index is 845. The Morgan fingerprint density at radius 2 is 1.86 bits per heavy atom. The summed E-state index contributed by atoms with van der Waals surface area (Å²) in [5.41, 5.74) is 0. The Hall–Kier alpha value is -2.68. The van der Waals surface area contributed by atoms with Gasteiger partial charge < -0.3 is 24.2 Å². The molecule has 0 radical (unpaired) electrons. The minimum atomic E-state index is 0.428. The Morgan fingerprint density at radius 3 is 2.72 bits per heavy atom. The number of aromatic nitrogens is 4. The molecular weight excluding hydrogens is 370 g/mol. The number of fused-ring (bicyclic) bond motifs is 1. The molecule has 5 heterocycles. The number of morpholine rings is 1. The van der Waals surface area contributed by atoms with Crippen molar-refractivity contribution in [2.75, 3.05) is 67.7 Å². The van der Waals surface area contributed by atoms with Gasteiger partial charge in [0.15, 0.2) is 0 Å². The number of piperidine rings is 1. The van der Waals surface area contributed by atoms with Crippen LogP contribution in [0.1, 0.15) is 12.8 Å². The fourth-order valence-electron chi connectivity index (χ4n) is 4.66. The number of ether oxygens (including phenoxy) is 2. The molecule has 9 nitrogen and oxygen atoms in total. The highest BCUT2D eigenvalue weighted by Gasteiger charge is 2.39. The molecule has 2 unspecified atom stereocenters. The lowest BCUT2D eigenvalue weighted by atomic mass is 9.92. The van der Waals surface area contributed by atoms with Crippen molar-refractivity contribution in [3.05, 3.63) is 24.7 Å². The molecule has 3 aliphatic heterocycles. The average molecular weight is 397 g/mol. The molecule has 0 aromatic carbocycles.